The summed E-state index contributed by atoms with van der Waals surface area (Å²) in [6, 6.07) is 22.6. The van der Waals surface area contributed by atoms with Crippen LogP contribution < -0.4 is 0 Å². The van der Waals surface area contributed by atoms with Gasteiger partial charge in [-0.15, -0.1) is 0 Å². The van der Waals surface area contributed by atoms with Crippen LogP contribution in [0.25, 0.3) is 0 Å². The van der Waals surface area contributed by atoms with Gasteiger partial charge in [-0.3, -0.25) is 4.79 Å². The zero-order valence-electron chi connectivity index (χ0n) is 24.1. The maximum absolute atomic E-state index is 13.2. The summed E-state index contributed by atoms with van der Waals surface area (Å²) in [6.45, 7) is 11.7. The van der Waals surface area contributed by atoms with Crippen LogP contribution in [0.2, 0.25) is 0 Å². The monoisotopic (exact) mass is 565 g/mol. The van der Waals surface area contributed by atoms with Crippen molar-refractivity contribution in [1.82, 2.24) is 4.90 Å². The standard InChI is InChI=1S/C32H39NO6S/c1-31(2,3)38-29(34)22-25-14-18-28(19-15-25)40(36,37)27-16-12-24(13-17-27)20-21-33(30(35)39-32(4,5)6)23-26-10-8-7-9-11-26/h7-19H,20-23H2,1-6H3. The number of esters is 1. The Hall–Kier alpha value is -3.65. The molecule has 0 N–H and O–H groups in total. The summed E-state index contributed by atoms with van der Waals surface area (Å²) >= 11 is 0. The van der Waals surface area contributed by atoms with Crippen LogP contribution in [0.3, 0.4) is 0 Å². The van der Waals surface area contributed by atoms with E-state index < -0.39 is 27.1 Å². The van der Waals surface area contributed by atoms with Gasteiger partial charge >= 0.3 is 12.1 Å². The minimum absolute atomic E-state index is 0.0663. The lowest BCUT2D eigenvalue weighted by molar-refractivity contribution is -0.153. The molecule has 3 aromatic rings. The van der Waals surface area contributed by atoms with Gasteiger partial charge in [-0.2, -0.15) is 0 Å². The van der Waals surface area contributed by atoms with Gasteiger partial charge in [0.15, 0.2) is 0 Å². The van der Waals surface area contributed by atoms with Crippen molar-refractivity contribution in [3.8, 4) is 0 Å². The molecule has 0 aromatic heterocycles. The summed E-state index contributed by atoms with van der Waals surface area (Å²) in [5.74, 6) is -0.368. The first-order chi connectivity index (χ1) is 18.6. The first-order valence-electron chi connectivity index (χ1n) is 13.3. The third-order valence-corrected chi connectivity index (χ3v) is 7.56. The van der Waals surface area contributed by atoms with E-state index in [4.69, 9.17) is 9.47 Å². The Kier molecular flexibility index (Phi) is 9.79. The molecule has 0 bridgehead atoms. The normalized spacial score (nSPS) is 12.1. The number of carbonyl (C=O) groups is 2. The van der Waals surface area contributed by atoms with Crippen molar-refractivity contribution in [1.29, 1.82) is 0 Å². The van der Waals surface area contributed by atoms with Crippen LogP contribution in [0.4, 0.5) is 4.79 Å². The van der Waals surface area contributed by atoms with Gasteiger partial charge in [0.05, 0.1) is 16.2 Å². The Balaban J connectivity index is 1.67. The summed E-state index contributed by atoms with van der Waals surface area (Å²) in [4.78, 5) is 26.9. The van der Waals surface area contributed by atoms with E-state index in [0.717, 1.165) is 11.1 Å². The molecule has 0 spiro atoms. The first-order valence-corrected chi connectivity index (χ1v) is 14.8. The number of nitrogens with zero attached hydrogens (tertiary/aromatic N) is 1. The number of ether oxygens (including phenoxy) is 2. The van der Waals surface area contributed by atoms with Gasteiger partial charge in [0.2, 0.25) is 9.84 Å². The van der Waals surface area contributed by atoms with Crippen molar-refractivity contribution >= 4 is 21.9 Å². The SMILES string of the molecule is CC(C)(C)OC(=O)Cc1ccc(S(=O)(=O)c2ccc(CCN(Cc3ccccc3)C(=O)OC(C)(C)C)cc2)cc1. The van der Waals surface area contributed by atoms with Crippen LogP contribution in [0, 0.1) is 0 Å². The van der Waals surface area contributed by atoms with Gasteiger partial charge in [0.25, 0.3) is 0 Å². The summed E-state index contributed by atoms with van der Waals surface area (Å²) in [5.41, 5.74) is 1.37. The molecule has 0 saturated heterocycles. The Morgan fingerprint density at radius 3 is 1.68 bits per heavy atom. The van der Waals surface area contributed by atoms with E-state index >= 15 is 0 Å². The van der Waals surface area contributed by atoms with Crippen LogP contribution in [0.5, 0.6) is 0 Å². The second-order valence-electron chi connectivity index (χ2n) is 11.7. The lowest BCUT2D eigenvalue weighted by Crippen LogP contribution is -2.37. The number of sulfone groups is 1. The minimum atomic E-state index is -3.74. The molecule has 0 unspecified atom stereocenters. The fraction of sp³-hybridized carbons (Fsp3) is 0.375. The molecule has 0 radical (unpaired) electrons. The van der Waals surface area contributed by atoms with E-state index in [-0.39, 0.29) is 22.2 Å². The van der Waals surface area contributed by atoms with Gasteiger partial charge < -0.3 is 14.4 Å². The van der Waals surface area contributed by atoms with E-state index in [1.807, 2.05) is 51.1 Å². The highest BCUT2D eigenvalue weighted by atomic mass is 32.2. The summed E-state index contributed by atoms with van der Waals surface area (Å²) in [5, 5.41) is 0. The molecular weight excluding hydrogens is 526 g/mol. The van der Waals surface area contributed by atoms with E-state index in [9.17, 15) is 18.0 Å². The maximum Gasteiger partial charge on any atom is 0.410 e. The second kappa shape index (κ2) is 12.7. The highest BCUT2D eigenvalue weighted by Crippen LogP contribution is 2.23. The third-order valence-electron chi connectivity index (χ3n) is 5.77. The molecular formula is C32H39NO6S. The fourth-order valence-electron chi connectivity index (χ4n) is 3.93. The lowest BCUT2D eigenvalue weighted by atomic mass is 10.1. The quantitative estimate of drug-likeness (QED) is 0.280. The minimum Gasteiger partial charge on any atom is -0.460 e. The van der Waals surface area contributed by atoms with E-state index in [0.29, 0.717) is 25.1 Å². The second-order valence-corrected chi connectivity index (χ2v) is 13.6. The largest absolute Gasteiger partial charge is 0.460 e. The number of rotatable bonds is 9. The molecule has 0 fully saturated rings. The highest BCUT2D eigenvalue weighted by molar-refractivity contribution is 7.91. The molecule has 0 heterocycles. The molecule has 3 rings (SSSR count). The number of hydrogen-bond donors (Lipinski definition) is 0. The molecule has 0 aliphatic rings. The number of amides is 1. The van der Waals surface area contributed by atoms with Crippen molar-refractivity contribution in [2.24, 2.45) is 0 Å². The Bertz CT molecular complexity index is 1390. The predicted molar refractivity (Wildman–Crippen MR) is 155 cm³/mol. The van der Waals surface area contributed by atoms with Crippen molar-refractivity contribution in [2.75, 3.05) is 6.54 Å². The van der Waals surface area contributed by atoms with Gasteiger partial charge in [-0.1, -0.05) is 54.6 Å². The zero-order chi connectivity index (χ0) is 29.6. The van der Waals surface area contributed by atoms with Crippen LogP contribution >= 0.6 is 0 Å². The molecule has 0 aliphatic carbocycles. The molecule has 8 heteroatoms. The zero-order valence-corrected chi connectivity index (χ0v) is 25.0. The van der Waals surface area contributed by atoms with Gasteiger partial charge in [-0.25, -0.2) is 13.2 Å². The van der Waals surface area contributed by atoms with Crippen molar-refractivity contribution < 1.29 is 27.5 Å². The van der Waals surface area contributed by atoms with Crippen LogP contribution in [0.1, 0.15) is 58.2 Å². The smallest absolute Gasteiger partial charge is 0.410 e. The Morgan fingerprint density at radius 1 is 0.675 bits per heavy atom. The summed E-state index contributed by atoms with van der Waals surface area (Å²) < 4.78 is 37.3. The molecule has 40 heavy (non-hydrogen) atoms. The predicted octanol–water partition coefficient (Wildman–Crippen LogP) is 6.38. The molecule has 7 nitrogen and oxygen atoms in total. The average molecular weight is 566 g/mol. The molecule has 1 amide bonds. The molecule has 0 aliphatic heterocycles. The number of hydrogen-bond acceptors (Lipinski definition) is 6. The highest BCUT2D eigenvalue weighted by Gasteiger charge is 2.23. The molecule has 214 valence electrons. The molecule has 0 atom stereocenters. The number of carbonyl (C=O) groups excluding carboxylic acids is 2. The maximum atomic E-state index is 13.2. The topological polar surface area (TPSA) is 90.0 Å². The van der Waals surface area contributed by atoms with Gasteiger partial charge in [-0.05, 0) is 88.9 Å². The van der Waals surface area contributed by atoms with Crippen molar-refractivity contribution in [3.05, 3.63) is 95.6 Å². The van der Waals surface area contributed by atoms with Crippen LogP contribution in [0.15, 0.2) is 88.7 Å². The van der Waals surface area contributed by atoms with E-state index in [1.165, 1.54) is 12.1 Å². The van der Waals surface area contributed by atoms with Gasteiger partial charge in [0, 0.05) is 13.1 Å². The lowest BCUT2D eigenvalue weighted by Gasteiger charge is -2.27. The first kappa shape index (κ1) is 30.9. The summed E-state index contributed by atoms with van der Waals surface area (Å²) in [7, 11) is -3.74. The van der Waals surface area contributed by atoms with Gasteiger partial charge in [0.1, 0.15) is 11.2 Å². The van der Waals surface area contributed by atoms with Crippen molar-refractivity contribution in [2.45, 2.75) is 81.9 Å². The fourth-order valence-corrected chi connectivity index (χ4v) is 5.19. The summed E-state index contributed by atoms with van der Waals surface area (Å²) in [6.07, 6.45) is 0.202. The van der Waals surface area contributed by atoms with Crippen molar-refractivity contribution in [3.63, 3.8) is 0 Å². The van der Waals surface area contributed by atoms with Crippen LogP contribution in [-0.2, 0) is 43.5 Å². The number of benzene rings is 3. The van der Waals surface area contributed by atoms with E-state index in [2.05, 4.69) is 0 Å². The average Bonchev–Trinajstić information content (AvgIpc) is 2.85. The van der Waals surface area contributed by atoms with Crippen LogP contribution in [-0.4, -0.2) is 43.1 Å². The Labute approximate surface area is 238 Å². The van der Waals surface area contributed by atoms with E-state index in [1.54, 1.807) is 62.1 Å². The third kappa shape index (κ3) is 9.52. The molecule has 3 aromatic carbocycles. The Morgan fingerprint density at radius 2 is 1.18 bits per heavy atom. The molecule has 0 saturated carbocycles.